The number of carbonyl (C=O) groups excluding carboxylic acids is 1. The molecule has 0 aromatic carbocycles. The number of carbonyl (C=O) groups is 1. The van der Waals surface area contributed by atoms with Gasteiger partial charge in [0.1, 0.15) is 0 Å². The highest BCUT2D eigenvalue weighted by Crippen LogP contribution is 2.18. The number of hydrogen-bond donors (Lipinski definition) is 0. The van der Waals surface area contributed by atoms with Crippen LogP contribution < -0.4 is 0 Å². The Morgan fingerprint density at radius 3 is 2.82 bits per heavy atom. The molecule has 0 aromatic rings. The van der Waals surface area contributed by atoms with Crippen LogP contribution in [-0.4, -0.2) is 28.7 Å². The summed E-state index contributed by atoms with van der Waals surface area (Å²) in [5.74, 6) is -0.182. The number of rotatable bonds is 6. The summed E-state index contributed by atoms with van der Waals surface area (Å²) in [6.07, 6.45) is 7.56. The van der Waals surface area contributed by atoms with E-state index in [1.807, 2.05) is 13.0 Å². The molecule has 0 radical (unpaired) electrons. The molecule has 0 aliphatic carbocycles. The van der Waals surface area contributed by atoms with E-state index < -0.39 is 9.04 Å². The van der Waals surface area contributed by atoms with E-state index in [1.165, 1.54) is 38.5 Å². The maximum Gasteiger partial charge on any atom is 0.333 e. The molecule has 1 saturated heterocycles. The van der Waals surface area contributed by atoms with Crippen LogP contribution in [-0.2, 0) is 14.0 Å². The summed E-state index contributed by atoms with van der Waals surface area (Å²) in [5.41, 5.74) is 0.804. The van der Waals surface area contributed by atoms with Gasteiger partial charge < -0.3 is 9.16 Å². The lowest BCUT2D eigenvalue weighted by atomic mass is 10.1. The van der Waals surface area contributed by atoms with Gasteiger partial charge >= 0.3 is 5.97 Å². The second-order valence-corrected chi connectivity index (χ2v) is 7.27. The Hall–Kier alpha value is -0.613. The van der Waals surface area contributed by atoms with E-state index >= 15 is 0 Å². The van der Waals surface area contributed by atoms with Crippen molar-refractivity contribution in [2.24, 2.45) is 0 Å². The van der Waals surface area contributed by atoms with E-state index in [1.54, 1.807) is 0 Å². The topological polar surface area (TPSA) is 35.5 Å². The summed E-state index contributed by atoms with van der Waals surface area (Å²) in [4.78, 5) is 11.3. The summed E-state index contributed by atoms with van der Waals surface area (Å²) in [5, 5.41) is 0. The van der Waals surface area contributed by atoms with Gasteiger partial charge in [0, 0.05) is 12.2 Å². The third-order valence-corrected chi connectivity index (χ3v) is 6.10. The second-order valence-electron chi connectivity index (χ2n) is 4.54. The summed E-state index contributed by atoms with van der Waals surface area (Å²) < 4.78 is 10.5. The Kier molecular flexibility index (Phi) is 7.20. The van der Waals surface area contributed by atoms with Crippen LogP contribution in [0.4, 0.5) is 0 Å². The van der Waals surface area contributed by atoms with Gasteiger partial charge in [-0.25, -0.2) is 4.79 Å². The number of methoxy groups -OCH3 is 1. The van der Waals surface area contributed by atoms with Crippen molar-refractivity contribution in [3.05, 3.63) is 11.6 Å². The van der Waals surface area contributed by atoms with E-state index in [9.17, 15) is 4.79 Å². The number of allylic oxidation sites excluding steroid dienone is 1. The van der Waals surface area contributed by atoms with Crippen LogP contribution in [0.2, 0.25) is 12.1 Å². The van der Waals surface area contributed by atoms with E-state index in [0.717, 1.165) is 25.0 Å². The largest absolute Gasteiger partial charge is 0.466 e. The fourth-order valence-electron chi connectivity index (χ4n) is 2.22. The smallest absolute Gasteiger partial charge is 0.333 e. The molecule has 3 nitrogen and oxygen atoms in total. The van der Waals surface area contributed by atoms with E-state index in [-0.39, 0.29) is 5.97 Å². The average Bonchev–Trinajstić information content (AvgIpc) is 2.39. The van der Waals surface area contributed by atoms with Gasteiger partial charge in [0.25, 0.3) is 0 Å². The van der Waals surface area contributed by atoms with Gasteiger partial charge in [0.2, 0.25) is 0 Å². The molecular formula is C13H24O3Si. The van der Waals surface area contributed by atoms with Gasteiger partial charge in [-0.1, -0.05) is 18.9 Å². The summed E-state index contributed by atoms with van der Waals surface area (Å²) in [6.45, 7) is 2.88. The van der Waals surface area contributed by atoms with Crippen LogP contribution in [0, 0.1) is 0 Å². The van der Waals surface area contributed by atoms with E-state index in [2.05, 4.69) is 0 Å². The van der Waals surface area contributed by atoms with Crippen molar-refractivity contribution in [1.29, 1.82) is 0 Å². The predicted octanol–water partition coefficient (Wildman–Crippen LogP) is 2.81. The van der Waals surface area contributed by atoms with Gasteiger partial charge in [-0.2, -0.15) is 0 Å². The van der Waals surface area contributed by atoms with E-state index in [0.29, 0.717) is 0 Å². The standard InChI is InChI=1S/C13H24O3Si/c1-3-12(13(14)15-2)8-4-6-10-17-11-7-5-9-16-17/h3,17H,4-11H2,1-2H3. The molecule has 1 heterocycles. The highest BCUT2D eigenvalue weighted by molar-refractivity contribution is 6.51. The summed E-state index contributed by atoms with van der Waals surface area (Å²) >= 11 is 0. The van der Waals surface area contributed by atoms with Crippen molar-refractivity contribution in [3.63, 3.8) is 0 Å². The van der Waals surface area contributed by atoms with Crippen molar-refractivity contribution in [2.75, 3.05) is 13.7 Å². The summed E-state index contributed by atoms with van der Waals surface area (Å²) in [7, 11) is 0.574. The van der Waals surface area contributed by atoms with Crippen molar-refractivity contribution >= 4 is 15.0 Å². The zero-order valence-corrected chi connectivity index (χ0v) is 12.2. The lowest BCUT2D eigenvalue weighted by Gasteiger charge is -2.20. The molecule has 1 aliphatic heterocycles. The maximum absolute atomic E-state index is 11.3. The second kappa shape index (κ2) is 8.47. The van der Waals surface area contributed by atoms with Crippen molar-refractivity contribution in [2.45, 2.75) is 51.1 Å². The van der Waals surface area contributed by atoms with Crippen molar-refractivity contribution in [1.82, 2.24) is 0 Å². The van der Waals surface area contributed by atoms with Crippen LogP contribution in [0.5, 0.6) is 0 Å². The minimum absolute atomic E-state index is 0.182. The van der Waals surface area contributed by atoms with Gasteiger partial charge in [0.05, 0.1) is 7.11 Å². The third-order valence-electron chi connectivity index (χ3n) is 3.29. The fourth-order valence-corrected chi connectivity index (χ4v) is 4.83. The van der Waals surface area contributed by atoms with Crippen molar-refractivity contribution in [3.8, 4) is 0 Å². The minimum atomic E-state index is -0.866. The molecule has 0 aromatic heterocycles. The number of ether oxygens (including phenoxy) is 1. The first kappa shape index (κ1) is 14.4. The lowest BCUT2D eigenvalue weighted by molar-refractivity contribution is -0.136. The number of hydrogen-bond acceptors (Lipinski definition) is 3. The predicted molar refractivity (Wildman–Crippen MR) is 71.6 cm³/mol. The fraction of sp³-hybridized carbons (Fsp3) is 0.769. The molecular weight excluding hydrogens is 232 g/mol. The third kappa shape index (κ3) is 5.50. The first-order chi connectivity index (χ1) is 8.27. The molecule has 1 fully saturated rings. The van der Waals surface area contributed by atoms with E-state index in [4.69, 9.17) is 9.16 Å². The zero-order chi connectivity index (χ0) is 12.5. The summed E-state index contributed by atoms with van der Waals surface area (Å²) in [6, 6.07) is 2.60. The van der Waals surface area contributed by atoms with Gasteiger partial charge in [-0.15, -0.1) is 0 Å². The Balaban J connectivity index is 2.12. The Bertz CT molecular complexity index is 257. The quantitative estimate of drug-likeness (QED) is 0.317. The SMILES string of the molecule is CC=C(CCCC[SiH]1CCCCO1)C(=O)OC. The normalized spacial score (nSPS) is 21.3. The van der Waals surface area contributed by atoms with Crippen molar-refractivity contribution < 1.29 is 14.0 Å². The van der Waals surface area contributed by atoms with Gasteiger partial charge in [0.15, 0.2) is 9.04 Å². The molecule has 1 unspecified atom stereocenters. The van der Waals surface area contributed by atoms with Gasteiger partial charge in [-0.05, 0) is 38.3 Å². The Morgan fingerprint density at radius 2 is 2.24 bits per heavy atom. The first-order valence-electron chi connectivity index (χ1n) is 6.63. The highest BCUT2D eigenvalue weighted by Gasteiger charge is 2.15. The minimum Gasteiger partial charge on any atom is -0.466 e. The number of esters is 1. The monoisotopic (exact) mass is 256 g/mol. The maximum atomic E-state index is 11.3. The van der Waals surface area contributed by atoms with Crippen LogP contribution in [0.15, 0.2) is 11.6 Å². The molecule has 1 atom stereocenters. The molecule has 4 heteroatoms. The van der Waals surface area contributed by atoms with Gasteiger partial charge in [-0.3, -0.25) is 0 Å². The van der Waals surface area contributed by atoms with Crippen LogP contribution in [0.3, 0.4) is 0 Å². The highest BCUT2D eigenvalue weighted by atomic mass is 28.3. The molecule has 17 heavy (non-hydrogen) atoms. The molecule has 0 spiro atoms. The molecule has 98 valence electrons. The zero-order valence-electron chi connectivity index (χ0n) is 11.0. The number of unbranched alkanes of at least 4 members (excludes halogenated alkanes) is 1. The molecule has 0 amide bonds. The Morgan fingerprint density at radius 1 is 1.41 bits per heavy atom. The van der Waals surface area contributed by atoms with Crippen LogP contribution >= 0.6 is 0 Å². The Labute approximate surface area is 106 Å². The first-order valence-corrected chi connectivity index (χ1v) is 8.73. The molecule has 0 saturated carbocycles. The molecule has 1 aliphatic rings. The van der Waals surface area contributed by atoms with Crippen LogP contribution in [0.25, 0.3) is 0 Å². The van der Waals surface area contributed by atoms with Crippen LogP contribution in [0.1, 0.15) is 39.0 Å². The average molecular weight is 256 g/mol. The molecule has 1 rings (SSSR count). The molecule has 0 N–H and O–H groups in total. The lowest BCUT2D eigenvalue weighted by Crippen LogP contribution is -2.22. The molecule has 0 bridgehead atoms.